The van der Waals surface area contributed by atoms with Gasteiger partial charge in [-0.05, 0) is 73.6 Å². The summed E-state index contributed by atoms with van der Waals surface area (Å²) in [5.41, 5.74) is 4.00. The number of ether oxygens (including phenoxy) is 1. The Bertz CT molecular complexity index is 1170. The van der Waals surface area contributed by atoms with Gasteiger partial charge in [-0.3, -0.25) is 14.9 Å². The van der Waals surface area contributed by atoms with Crippen LogP contribution in [0.25, 0.3) is 0 Å². The monoisotopic (exact) mass is 463 g/mol. The minimum Gasteiger partial charge on any atom is -0.496 e. The lowest BCUT2D eigenvalue weighted by atomic mass is 9.89. The molecule has 2 N–H and O–H groups in total. The van der Waals surface area contributed by atoms with E-state index in [1.807, 2.05) is 19.1 Å². The Morgan fingerprint density at radius 1 is 1.15 bits per heavy atom. The van der Waals surface area contributed by atoms with Crippen molar-refractivity contribution in [2.45, 2.75) is 46.1 Å². The van der Waals surface area contributed by atoms with E-state index in [2.05, 4.69) is 22.5 Å². The van der Waals surface area contributed by atoms with E-state index in [-0.39, 0.29) is 11.8 Å². The molecule has 1 aromatic heterocycles. The van der Waals surface area contributed by atoms with E-state index in [0.717, 1.165) is 41.3 Å². The van der Waals surface area contributed by atoms with E-state index < -0.39 is 0 Å². The van der Waals surface area contributed by atoms with Gasteiger partial charge in [0.25, 0.3) is 11.8 Å². The molecular weight excluding hydrogens is 434 g/mol. The number of carbonyl (C=O) groups excluding carboxylic acids is 2. The third-order valence-electron chi connectivity index (χ3n) is 6.14. The van der Waals surface area contributed by atoms with Crippen molar-refractivity contribution in [3.8, 4) is 5.75 Å². The summed E-state index contributed by atoms with van der Waals surface area (Å²) < 4.78 is 5.25. The van der Waals surface area contributed by atoms with Gasteiger partial charge in [0, 0.05) is 22.5 Å². The molecule has 1 aliphatic rings. The number of hydrogen-bond donors (Lipinski definition) is 2. The second-order valence-corrected chi connectivity index (χ2v) is 9.51. The van der Waals surface area contributed by atoms with Crippen molar-refractivity contribution in [1.82, 2.24) is 10.3 Å². The highest BCUT2D eigenvalue weighted by Crippen LogP contribution is 2.33. The molecule has 0 saturated carbocycles. The maximum absolute atomic E-state index is 12.8. The van der Waals surface area contributed by atoms with Crippen molar-refractivity contribution in [2.75, 3.05) is 12.4 Å². The van der Waals surface area contributed by atoms with Crippen LogP contribution in [0.5, 0.6) is 5.75 Å². The second kappa shape index (κ2) is 10.2. The van der Waals surface area contributed by atoms with Crippen molar-refractivity contribution in [3.05, 3.63) is 75.3 Å². The zero-order valence-corrected chi connectivity index (χ0v) is 20.1. The predicted octanol–water partition coefficient (Wildman–Crippen LogP) is 5.16. The van der Waals surface area contributed by atoms with Gasteiger partial charge in [0.15, 0.2) is 5.13 Å². The standard InChI is InChI=1S/C26H29N3O3S/c1-4-17-8-10-21-23(14-17)33-26(28-21)29-25(31)19-7-5-6-18(13-19)15-27-24(30)20-9-11-22(32-3)16(2)12-20/h5-7,9,11-13,17H,4,8,10,14-15H2,1-3H3,(H,27,30)(H,28,29,31). The summed E-state index contributed by atoms with van der Waals surface area (Å²) in [4.78, 5) is 31.3. The van der Waals surface area contributed by atoms with Gasteiger partial charge in [-0.25, -0.2) is 4.98 Å². The van der Waals surface area contributed by atoms with E-state index >= 15 is 0 Å². The van der Waals surface area contributed by atoms with E-state index in [1.165, 1.54) is 17.7 Å². The Kier molecular flexibility index (Phi) is 7.08. The van der Waals surface area contributed by atoms with Crippen LogP contribution in [0.15, 0.2) is 42.5 Å². The minimum absolute atomic E-state index is 0.172. The highest BCUT2D eigenvalue weighted by atomic mass is 32.1. The lowest BCUT2D eigenvalue weighted by Gasteiger charge is -2.18. The first-order valence-electron chi connectivity index (χ1n) is 11.3. The molecule has 0 radical (unpaired) electrons. The van der Waals surface area contributed by atoms with Crippen LogP contribution in [0.3, 0.4) is 0 Å². The Morgan fingerprint density at radius 3 is 2.73 bits per heavy atom. The number of aromatic nitrogens is 1. The molecule has 0 saturated heterocycles. The number of methoxy groups -OCH3 is 1. The van der Waals surface area contributed by atoms with Crippen LogP contribution in [0, 0.1) is 12.8 Å². The lowest BCUT2D eigenvalue weighted by molar-refractivity contribution is 0.0950. The molecule has 0 fully saturated rings. The Hall–Kier alpha value is -3.19. The highest BCUT2D eigenvalue weighted by molar-refractivity contribution is 7.15. The molecule has 0 spiro atoms. The zero-order chi connectivity index (χ0) is 23.4. The molecule has 1 aliphatic carbocycles. The van der Waals surface area contributed by atoms with Gasteiger partial charge in [0.05, 0.1) is 12.8 Å². The number of aryl methyl sites for hydroxylation is 2. The molecule has 1 unspecified atom stereocenters. The molecule has 2 amide bonds. The first kappa shape index (κ1) is 23.0. The number of nitrogens with zero attached hydrogens (tertiary/aromatic N) is 1. The van der Waals surface area contributed by atoms with Gasteiger partial charge in [-0.1, -0.05) is 25.5 Å². The summed E-state index contributed by atoms with van der Waals surface area (Å²) in [6, 6.07) is 12.6. The van der Waals surface area contributed by atoms with E-state index in [1.54, 1.807) is 48.8 Å². The number of carbonyl (C=O) groups is 2. The largest absolute Gasteiger partial charge is 0.496 e. The average molecular weight is 464 g/mol. The number of fused-ring (bicyclic) bond motifs is 1. The number of nitrogens with one attached hydrogen (secondary N) is 2. The number of benzene rings is 2. The van der Waals surface area contributed by atoms with Crippen molar-refractivity contribution in [3.63, 3.8) is 0 Å². The van der Waals surface area contributed by atoms with Gasteiger partial charge in [0.2, 0.25) is 0 Å². The molecule has 7 heteroatoms. The predicted molar refractivity (Wildman–Crippen MR) is 131 cm³/mol. The molecule has 1 heterocycles. The van der Waals surface area contributed by atoms with Crippen LogP contribution in [-0.2, 0) is 19.4 Å². The van der Waals surface area contributed by atoms with Crippen LogP contribution >= 0.6 is 11.3 Å². The molecule has 172 valence electrons. The van der Waals surface area contributed by atoms with Crippen molar-refractivity contribution < 1.29 is 14.3 Å². The van der Waals surface area contributed by atoms with Gasteiger partial charge >= 0.3 is 0 Å². The fraction of sp³-hybridized carbons (Fsp3) is 0.346. The first-order chi connectivity index (χ1) is 16.0. The molecule has 0 bridgehead atoms. The lowest BCUT2D eigenvalue weighted by Crippen LogP contribution is -2.23. The van der Waals surface area contributed by atoms with Gasteiger partial charge in [-0.15, -0.1) is 11.3 Å². The minimum atomic E-state index is -0.188. The quantitative estimate of drug-likeness (QED) is 0.507. The molecule has 1 atom stereocenters. The fourth-order valence-electron chi connectivity index (χ4n) is 4.14. The maximum atomic E-state index is 12.8. The highest BCUT2D eigenvalue weighted by Gasteiger charge is 2.22. The molecule has 33 heavy (non-hydrogen) atoms. The number of hydrogen-bond acceptors (Lipinski definition) is 5. The summed E-state index contributed by atoms with van der Waals surface area (Å²) in [7, 11) is 1.61. The second-order valence-electron chi connectivity index (χ2n) is 8.43. The SMILES string of the molecule is CCC1CCc2nc(NC(=O)c3cccc(CNC(=O)c4ccc(OC)c(C)c4)c3)sc2C1. The molecular formula is C26H29N3O3S. The molecule has 4 rings (SSSR count). The van der Waals surface area contributed by atoms with Gasteiger partial charge < -0.3 is 10.1 Å². The summed E-state index contributed by atoms with van der Waals surface area (Å²) in [5.74, 6) is 1.10. The zero-order valence-electron chi connectivity index (χ0n) is 19.2. The maximum Gasteiger partial charge on any atom is 0.257 e. The van der Waals surface area contributed by atoms with Crippen molar-refractivity contribution >= 4 is 28.3 Å². The number of thiazole rings is 1. The van der Waals surface area contributed by atoms with Crippen LogP contribution < -0.4 is 15.4 Å². The average Bonchev–Trinajstić information content (AvgIpc) is 3.23. The Labute approximate surface area is 198 Å². The van der Waals surface area contributed by atoms with Crippen LogP contribution in [0.1, 0.15) is 62.2 Å². The topological polar surface area (TPSA) is 80.3 Å². The van der Waals surface area contributed by atoms with Crippen molar-refractivity contribution in [1.29, 1.82) is 0 Å². The molecule has 3 aromatic rings. The summed E-state index contributed by atoms with van der Waals surface area (Å²) in [6.45, 7) is 4.46. The molecule has 2 aromatic carbocycles. The van der Waals surface area contributed by atoms with Crippen molar-refractivity contribution in [2.24, 2.45) is 5.92 Å². The van der Waals surface area contributed by atoms with E-state index in [9.17, 15) is 9.59 Å². The number of rotatable bonds is 7. The Morgan fingerprint density at radius 2 is 1.97 bits per heavy atom. The van der Waals surface area contributed by atoms with Gasteiger partial charge in [0.1, 0.15) is 5.75 Å². The summed E-state index contributed by atoms with van der Waals surface area (Å²) in [6.07, 6.45) is 4.40. The Balaban J connectivity index is 1.37. The van der Waals surface area contributed by atoms with Crippen LogP contribution in [-0.4, -0.2) is 23.9 Å². The van der Waals surface area contributed by atoms with E-state index in [0.29, 0.717) is 22.8 Å². The van der Waals surface area contributed by atoms with Crippen LogP contribution in [0.4, 0.5) is 5.13 Å². The summed E-state index contributed by atoms with van der Waals surface area (Å²) >= 11 is 1.59. The molecule has 0 aliphatic heterocycles. The van der Waals surface area contributed by atoms with E-state index in [4.69, 9.17) is 4.74 Å². The number of anilines is 1. The first-order valence-corrected chi connectivity index (χ1v) is 12.1. The van der Waals surface area contributed by atoms with Gasteiger partial charge in [-0.2, -0.15) is 0 Å². The molecule has 6 nitrogen and oxygen atoms in total. The van der Waals surface area contributed by atoms with Crippen LogP contribution in [0.2, 0.25) is 0 Å². The third-order valence-corrected chi connectivity index (χ3v) is 7.17. The number of amides is 2. The normalized spacial score (nSPS) is 14.9. The third kappa shape index (κ3) is 5.42. The smallest absolute Gasteiger partial charge is 0.257 e. The summed E-state index contributed by atoms with van der Waals surface area (Å²) in [5, 5.41) is 6.53. The fourth-order valence-corrected chi connectivity index (χ4v) is 5.26.